The number of rotatable bonds is 3. The summed E-state index contributed by atoms with van der Waals surface area (Å²) < 4.78 is 61.6. The monoisotopic (exact) mass is 254 g/mol. The van der Waals surface area contributed by atoms with Crippen LogP contribution in [0.3, 0.4) is 0 Å². The second kappa shape index (κ2) is 4.31. The van der Waals surface area contributed by atoms with Crippen LogP contribution in [0.4, 0.5) is 22.0 Å². The van der Waals surface area contributed by atoms with Gasteiger partial charge in [-0.3, -0.25) is 4.79 Å². The number of carboxylic acids is 1. The molecule has 0 aliphatic heterocycles. The summed E-state index contributed by atoms with van der Waals surface area (Å²) in [7, 11) is 0. The van der Waals surface area contributed by atoms with Crippen molar-refractivity contribution in [2.75, 3.05) is 0 Å². The fourth-order valence-electron chi connectivity index (χ4n) is 1.17. The molecule has 17 heavy (non-hydrogen) atoms. The molecule has 2 nitrogen and oxygen atoms in total. The molecule has 0 saturated heterocycles. The second-order valence-electron chi connectivity index (χ2n) is 3.34. The molecule has 1 aromatic carbocycles. The van der Waals surface area contributed by atoms with Gasteiger partial charge >= 0.3 is 18.1 Å². The average molecular weight is 254 g/mol. The largest absolute Gasteiger partial charge is 0.481 e. The Morgan fingerprint density at radius 3 is 1.88 bits per heavy atom. The van der Waals surface area contributed by atoms with Crippen molar-refractivity contribution in [1.29, 1.82) is 0 Å². The van der Waals surface area contributed by atoms with Gasteiger partial charge < -0.3 is 5.11 Å². The standard InChI is InChI=1S/C10H7F5O2/c11-9(12,10(13,14)15)7-3-1-6(2-4-7)5-8(16)17/h1-4H,5H2,(H,16,17). The molecule has 0 aromatic heterocycles. The number of carbonyl (C=O) groups is 1. The molecule has 0 aliphatic rings. The zero-order valence-corrected chi connectivity index (χ0v) is 8.26. The summed E-state index contributed by atoms with van der Waals surface area (Å²) in [5.41, 5.74) is -1.06. The molecule has 0 bridgehead atoms. The molecule has 1 N–H and O–H groups in total. The van der Waals surface area contributed by atoms with Gasteiger partial charge in [0.25, 0.3) is 0 Å². The van der Waals surface area contributed by atoms with Crippen molar-refractivity contribution in [3.8, 4) is 0 Å². The molecule has 0 unspecified atom stereocenters. The summed E-state index contributed by atoms with van der Waals surface area (Å²) in [6, 6.07) is 3.02. The molecule has 0 fully saturated rings. The average Bonchev–Trinajstić information content (AvgIpc) is 2.15. The number of benzene rings is 1. The van der Waals surface area contributed by atoms with Gasteiger partial charge in [-0.05, 0) is 5.56 Å². The zero-order valence-electron chi connectivity index (χ0n) is 8.26. The number of aliphatic carboxylic acids is 1. The third kappa shape index (κ3) is 2.92. The molecule has 0 atom stereocenters. The van der Waals surface area contributed by atoms with E-state index < -0.39 is 30.1 Å². The van der Waals surface area contributed by atoms with E-state index in [4.69, 9.17) is 5.11 Å². The minimum atomic E-state index is -5.67. The first-order valence-electron chi connectivity index (χ1n) is 4.40. The highest BCUT2D eigenvalue weighted by atomic mass is 19.4. The van der Waals surface area contributed by atoms with Gasteiger partial charge in [0.1, 0.15) is 0 Å². The molecule has 1 rings (SSSR count). The topological polar surface area (TPSA) is 37.3 Å². The lowest BCUT2D eigenvalue weighted by atomic mass is 10.0. The van der Waals surface area contributed by atoms with Gasteiger partial charge in [-0.2, -0.15) is 22.0 Å². The Bertz CT molecular complexity index is 408. The third-order valence-corrected chi connectivity index (χ3v) is 2.03. The molecular weight excluding hydrogens is 247 g/mol. The Balaban J connectivity index is 2.99. The van der Waals surface area contributed by atoms with Crippen molar-refractivity contribution in [1.82, 2.24) is 0 Å². The summed E-state index contributed by atoms with van der Waals surface area (Å²) in [4.78, 5) is 10.3. The number of carboxylic acid groups (broad SMARTS) is 1. The molecule has 0 amide bonds. The van der Waals surface area contributed by atoms with E-state index in [0.29, 0.717) is 12.1 Å². The highest BCUT2D eigenvalue weighted by molar-refractivity contribution is 5.70. The summed E-state index contributed by atoms with van der Waals surface area (Å²) >= 11 is 0. The van der Waals surface area contributed by atoms with E-state index in [-0.39, 0.29) is 5.56 Å². The van der Waals surface area contributed by atoms with Crippen LogP contribution < -0.4 is 0 Å². The van der Waals surface area contributed by atoms with Crippen LogP contribution in [0, 0.1) is 0 Å². The molecule has 0 spiro atoms. The summed E-state index contributed by atoms with van der Waals surface area (Å²) in [6.07, 6.45) is -6.10. The van der Waals surface area contributed by atoms with Gasteiger partial charge in [-0.1, -0.05) is 24.3 Å². The van der Waals surface area contributed by atoms with Gasteiger partial charge in [-0.15, -0.1) is 0 Å². The fraction of sp³-hybridized carbons (Fsp3) is 0.300. The van der Waals surface area contributed by atoms with E-state index in [1.54, 1.807) is 0 Å². The zero-order chi connectivity index (χ0) is 13.3. The summed E-state index contributed by atoms with van der Waals surface area (Å²) in [5, 5.41) is 8.40. The summed E-state index contributed by atoms with van der Waals surface area (Å²) in [6.45, 7) is 0. The van der Waals surface area contributed by atoms with Crippen LogP contribution in [-0.4, -0.2) is 17.3 Å². The fourth-order valence-corrected chi connectivity index (χ4v) is 1.17. The van der Waals surface area contributed by atoms with E-state index in [0.717, 1.165) is 12.1 Å². The van der Waals surface area contributed by atoms with Crippen LogP contribution in [-0.2, 0) is 17.1 Å². The Labute approximate surface area is 92.7 Å². The smallest absolute Gasteiger partial charge is 0.458 e. The van der Waals surface area contributed by atoms with Crippen molar-refractivity contribution < 1.29 is 31.9 Å². The predicted octanol–water partition coefficient (Wildman–Crippen LogP) is 2.97. The van der Waals surface area contributed by atoms with Crippen LogP contribution in [0.25, 0.3) is 0 Å². The Morgan fingerprint density at radius 2 is 1.53 bits per heavy atom. The molecule has 1 aromatic rings. The van der Waals surface area contributed by atoms with Crippen molar-refractivity contribution in [2.24, 2.45) is 0 Å². The lowest BCUT2D eigenvalue weighted by Gasteiger charge is -2.19. The SMILES string of the molecule is O=C(O)Cc1ccc(C(F)(F)C(F)(F)F)cc1. The Hall–Kier alpha value is -1.66. The van der Waals surface area contributed by atoms with Crippen LogP contribution >= 0.6 is 0 Å². The lowest BCUT2D eigenvalue weighted by molar-refractivity contribution is -0.289. The first kappa shape index (κ1) is 13.4. The first-order chi connectivity index (χ1) is 7.64. The second-order valence-corrected chi connectivity index (χ2v) is 3.34. The Morgan fingerprint density at radius 1 is 1.06 bits per heavy atom. The van der Waals surface area contributed by atoms with Gasteiger partial charge in [0.2, 0.25) is 0 Å². The molecule has 0 heterocycles. The van der Waals surface area contributed by atoms with Crippen LogP contribution in [0.1, 0.15) is 11.1 Å². The van der Waals surface area contributed by atoms with Crippen LogP contribution in [0.5, 0.6) is 0 Å². The van der Waals surface area contributed by atoms with Gasteiger partial charge in [-0.25, -0.2) is 0 Å². The van der Waals surface area contributed by atoms with E-state index in [9.17, 15) is 26.7 Å². The summed E-state index contributed by atoms with van der Waals surface area (Å²) in [5.74, 6) is -6.13. The molecule has 7 heteroatoms. The molecule has 0 saturated carbocycles. The number of hydrogen-bond donors (Lipinski definition) is 1. The number of alkyl halides is 5. The lowest BCUT2D eigenvalue weighted by Crippen LogP contribution is -2.33. The maximum absolute atomic E-state index is 12.8. The minimum absolute atomic E-state index is 0.152. The van der Waals surface area contributed by atoms with E-state index in [1.165, 1.54) is 0 Å². The van der Waals surface area contributed by atoms with E-state index in [2.05, 4.69) is 0 Å². The third-order valence-electron chi connectivity index (χ3n) is 2.03. The molecule has 0 radical (unpaired) electrons. The highest BCUT2D eigenvalue weighted by Crippen LogP contribution is 2.43. The predicted molar refractivity (Wildman–Crippen MR) is 47.7 cm³/mol. The van der Waals surface area contributed by atoms with E-state index in [1.807, 2.05) is 0 Å². The first-order valence-corrected chi connectivity index (χ1v) is 4.40. The molecule has 0 aliphatic carbocycles. The maximum atomic E-state index is 12.8. The highest BCUT2D eigenvalue weighted by Gasteiger charge is 2.58. The number of hydrogen-bond acceptors (Lipinski definition) is 1. The molecular formula is C10H7F5O2. The van der Waals surface area contributed by atoms with Crippen molar-refractivity contribution in [3.63, 3.8) is 0 Å². The maximum Gasteiger partial charge on any atom is 0.458 e. The van der Waals surface area contributed by atoms with Gasteiger partial charge in [0, 0.05) is 5.56 Å². The van der Waals surface area contributed by atoms with Gasteiger partial charge in [0.15, 0.2) is 0 Å². The van der Waals surface area contributed by atoms with Crippen LogP contribution in [0.15, 0.2) is 24.3 Å². The number of halogens is 5. The normalized spacial score (nSPS) is 12.5. The molecule has 94 valence electrons. The van der Waals surface area contributed by atoms with E-state index >= 15 is 0 Å². The quantitative estimate of drug-likeness (QED) is 0.842. The minimum Gasteiger partial charge on any atom is -0.481 e. The van der Waals surface area contributed by atoms with Gasteiger partial charge in [0.05, 0.1) is 6.42 Å². The van der Waals surface area contributed by atoms with Crippen molar-refractivity contribution in [3.05, 3.63) is 35.4 Å². The van der Waals surface area contributed by atoms with Crippen molar-refractivity contribution in [2.45, 2.75) is 18.5 Å². The Kier molecular flexibility index (Phi) is 3.40. The van der Waals surface area contributed by atoms with Crippen LogP contribution in [0.2, 0.25) is 0 Å². The van der Waals surface area contributed by atoms with Crippen molar-refractivity contribution >= 4 is 5.97 Å².